The van der Waals surface area contributed by atoms with Gasteiger partial charge < -0.3 is 11.1 Å². The van der Waals surface area contributed by atoms with Crippen molar-refractivity contribution in [3.8, 4) is 5.69 Å². The number of nitrogens with two attached hydrogens (primary N) is 1. The van der Waals surface area contributed by atoms with Crippen molar-refractivity contribution in [2.75, 3.05) is 12.0 Å². The molecule has 0 aliphatic carbocycles. The molecule has 0 aliphatic rings. The summed E-state index contributed by atoms with van der Waals surface area (Å²) in [5, 5.41) is 7.15. The minimum absolute atomic E-state index is 0.0699. The van der Waals surface area contributed by atoms with E-state index in [-0.39, 0.29) is 11.9 Å². The molecule has 0 radical (unpaired) electrons. The van der Waals surface area contributed by atoms with Crippen LogP contribution in [0.15, 0.2) is 42.7 Å². The standard InChI is InChI=1S/C16H22N4OS/c1-12(19-16(21)15(17)8-11-22-2)13-4-6-14(7-5-13)20-10-3-9-18-20/h3-7,9-10,12,15H,8,11,17H2,1-2H3,(H,19,21)/t12?,15-/m0/s1. The van der Waals surface area contributed by atoms with Crippen molar-refractivity contribution in [1.82, 2.24) is 15.1 Å². The molecule has 1 amide bonds. The molecule has 0 saturated heterocycles. The fraction of sp³-hybridized carbons (Fsp3) is 0.375. The molecule has 0 saturated carbocycles. The van der Waals surface area contributed by atoms with Gasteiger partial charge in [0.1, 0.15) is 0 Å². The molecule has 1 heterocycles. The van der Waals surface area contributed by atoms with Gasteiger partial charge in [-0.3, -0.25) is 4.79 Å². The van der Waals surface area contributed by atoms with Gasteiger partial charge in [0, 0.05) is 12.4 Å². The van der Waals surface area contributed by atoms with Crippen molar-refractivity contribution < 1.29 is 4.79 Å². The fourth-order valence-electron chi connectivity index (χ4n) is 2.12. The first-order valence-corrected chi connectivity index (χ1v) is 8.66. The predicted molar refractivity (Wildman–Crippen MR) is 91.1 cm³/mol. The molecule has 0 aliphatic heterocycles. The van der Waals surface area contributed by atoms with E-state index in [0.29, 0.717) is 6.42 Å². The third-order valence-corrected chi connectivity index (χ3v) is 4.13. The van der Waals surface area contributed by atoms with Crippen LogP contribution < -0.4 is 11.1 Å². The van der Waals surface area contributed by atoms with Crippen molar-refractivity contribution in [3.63, 3.8) is 0 Å². The molecule has 118 valence electrons. The zero-order chi connectivity index (χ0) is 15.9. The Morgan fingerprint density at radius 2 is 2.14 bits per heavy atom. The second kappa shape index (κ2) is 8.00. The molecular weight excluding hydrogens is 296 g/mol. The molecule has 3 N–H and O–H groups in total. The quantitative estimate of drug-likeness (QED) is 0.820. The summed E-state index contributed by atoms with van der Waals surface area (Å²) in [5.41, 5.74) is 7.91. The monoisotopic (exact) mass is 318 g/mol. The van der Waals surface area contributed by atoms with E-state index in [1.165, 1.54) is 0 Å². The van der Waals surface area contributed by atoms with Crippen LogP contribution >= 0.6 is 11.8 Å². The average Bonchev–Trinajstić information content (AvgIpc) is 3.07. The Labute approximate surface area is 135 Å². The van der Waals surface area contributed by atoms with Crippen molar-refractivity contribution in [2.24, 2.45) is 5.73 Å². The van der Waals surface area contributed by atoms with Gasteiger partial charge >= 0.3 is 0 Å². The minimum Gasteiger partial charge on any atom is -0.348 e. The average molecular weight is 318 g/mol. The number of nitrogens with zero attached hydrogens (tertiary/aromatic N) is 2. The van der Waals surface area contributed by atoms with E-state index in [9.17, 15) is 4.79 Å². The van der Waals surface area contributed by atoms with E-state index in [0.717, 1.165) is 17.0 Å². The second-order valence-corrected chi connectivity index (χ2v) is 6.15. The first kappa shape index (κ1) is 16.6. The lowest BCUT2D eigenvalue weighted by Crippen LogP contribution is -2.41. The first-order valence-electron chi connectivity index (χ1n) is 7.26. The van der Waals surface area contributed by atoms with Gasteiger partial charge in [-0.05, 0) is 49.1 Å². The molecule has 1 aromatic heterocycles. The largest absolute Gasteiger partial charge is 0.348 e. The van der Waals surface area contributed by atoms with Crippen LogP contribution in [0.5, 0.6) is 0 Å². The molecule has 0 spiro atoms. The van der Waals surface area contributed by atoms with Crippen LogP contribution in [0.2, 0.25) is 0 Å². The van der Waals surface area contributed by atoms with E-state index >= 15 is 0 Å². The van der Waals surface area contributed by atoms with Crippen molar-refractivity contribution in [1.29, 1.82) is 0 Å². The Morgan fingerprint density at radius 3 is 2.73 bits per heavy atom. The number of benzene rings is 1. The van der Waals surface area contributed by atoms with E-state index in [1.54, 1.807) is 22.6 Å². The Balaban J connectivity index is 1.95. The van der Waals surface area contributed by atoms with Crippen molar-refractivity contribution in [3.05, 3.63) is 48.3 Å². The molecule has 22 heavy (non-hydrogen) atoms. The molecule has 1 aromatic carbocycles. The van der Waals surface area contributed by atoms with Gasteiger partial charge in [-0.2, -0.15) is 16.9 Å². The van der Waals surface area contributed by atoms with Crippen LogP contribution in [-0.4, -0.2) is 33.7 Å². The summed E-state index contributed by atoms with van der Waals surface area (Å²) in [7, 11) is 0. The number of hydrogen-bond donors (Lipinski definition) is 2. The van der Waals surface area contributed by atoms with Gasteiger partial charge in [0.05, 0.1) is 17.8 Å². The smallest absolute Gasteiger partial charge is 0.237 e. The van der Waals surface area contributed by atoms with Gasteiger partial charge in [-0.25, -0.2) is 4.68 Å². The molecular formula is C16H22N4OS. The number of carbonyl (C=O) groups excluding carboxylic acids is 1. The van der Waals surface area contributed by atoms with Gasteiger partial charge in [0.15, 0.2) is 0 Å². The summed E-state index contributed by atoms with van der Waals surface area (Å²) >= 11 is 1.69. The number of thioether (sulfide) groups is 1. The van der Waals surface area contributed by atoms with Crippen LogP contribution in [0.4, 0.5) is 0 Å². The van der Waals surface area contributed by atoms with E-state index in [2.05, 4.69) is 10.4 Å². The third kappa shape index (κ3) is 4.35. The normalized spacial score (nSPS) is 13.6. The topological polar surface area (TPSA) is 72.9 Å². The van der Waals surface area contributed by atoms with Crippen molar-refractivity contribution >= 4 is 17.7 Å². The zero-order valence-corrected chi connectivity index (χ0v) is 13.7. The zero-order valence-electron chi connectivity index (χ0n) is 12.9. The molecule has 6 heteroatoms. The SMILES string of the molecule is CSCC[C@H](N)C(=O)NC(C)c1ccc(-n2cccn2)cc1. The molecule has 1 unspecified atom stereocenters. The van der Waals surface area contributed by atoms with Gasteiger partial charge in [0.25, 0.3) is 0 Å². The number of rotatable bonds is 7. The molecule has 2 atom stereocenters. The summed E-state index contributed by atoms with van der Waals surface area (Å²) in [6.07, 6.45) is 6.34. The maximum Gasteiger partial charge on any atom is 0.237 e. The highest BCUT2D eigenvalue weighted by Crippen LogP contribution is 2.15. The van der Waals surface area contributed by atoms with Crippen LogP contribution in [0.25, 0.3) is 5.69 Å². The number of aromatic nitrogens is 2. The molecule has 0 bridgehead atoms. The lowest BCUT2D eigenvalue weighted by molar-refractivity contribution is -0.123. The van der Waals surface area contributed by atoms with Crippen LogP contribution in [0.1, 0.15) is 24.9 Å². The Morgan fingerprint density at radius 1 is 1.41 bits per heavy atom. The minimum atomic E-state index is -0.446. The van der Waals surface area contributed by atoms with Gasteiger partial charge in [0.2, 0.25) is 5.91 Å². The predicted octanol–water partition coefficient (Wildman–Crippen LogP) is 2.13. The second-order valence-electron chi connectivity index (χ2n) is 5.16. The number of nitrogens with one attached hydrogen (secondary N) is 1. The van der Waals surface area contributed by atoms with Crippen molar-refractivity contribution in [2.45, 2.75) is 25.4 Å². The summed E-state index contributed by atoms with van der Waals surface area (Å²) in [5.74, 6) is 0.791. The summed E-state index contributed by atoms with van der Waals surface area (Å²) < 4.78 is 1.80. The summed E-state index contributed by atoms with van der Waals surface area (Å²) in [4.78, 5) is 12.0. The molecule has 5 nitrogen and oxygen atoms in total. The fourth-order valence-corrected chi connectivity index (χ4v) is 2.61. The number of amides is 1. The van der Waals surface area contributed by atoms with Gasteiger partial charge in [-0.1, -0.05) is 12.1 Å². The van der Waals surface area contributed by atoms with Crippen LogP contribution in [-0.2, 0) is 4.79 Å². The lowest BCUT2D eigenvalue weighted by Gasteiger charge is -2.18. The first-order chi connectivity index (χ1) is 10.6. The highest BCUT2D eigenvalue weighted by molar-refractivity contribution is 7.98. The Hall–Kier alpha value is -1.79. The van der Waals surface area contributed by atoms with E-state index < -0.39 is 6.04 Å². The highest BCUT2D eigenvalue weighted by Gasteiger charge is 2.16. The lowest BCUT2D eigenvalue weighted by atomic mass is 10.1. The molecule has 2 rings (SSSR count). The third-order valence-electron chi connectivity index (χ3n) is 3.49. The molecule has 0 fully saturated rings. The summed E-state index contributed by atoms with van der Waals surface area (Å²) in [6.45, 7) is 1.96. The van der Waals surface area contributed by atoms with Crippen LogP contribution in [0.3, 0.4) is 0 Å². The van der Waals surface area contributed by atoms with Crippen LogP contribution in [0, 0.1) is 0 Å². The molecule has 2 aromatic rings. The van der Waals surface area contributed by atoms with E-state index in [1.807, 2.05) is 49.7 Å². The van der Waals surface area contributed by atoms with Gasteiger partial charge in [-0.15, -0.1) is 0 Å². The number of carbonyl (C=O) groups is 1. The maximum atomic E-state index is 12.0. The summed E-state index contributed by atoms with van der Waals surface area (Å²) in [6, 6.07) is 9.33. The Kier molecular flexibility index (Phi) is 6.03. The highest BCUT2D eigenvalue weighted by atomic mass is 32.2. The maximum absolute atomic E-state index is 12.0. The number of hydrogen-bond acceptors (Lipinski definition) is 4. The Bertz CT molecular complexity index is 583. The van der Waals surface area contributed by atoms with E-state index in [4.69, 9.17) is 5.73 Å².